The van der Waals surface area contributed by atoms with Crippen molar-refractivity contribution in [3.63, 3.8) is 0 Å². The Bertz CT molecular complexity index is 856. The summed E-state index contributed by atoms with van der Waals surface area (Å²) in [5.41, 5.74) is 2.86. The summed E-state index contributed by atoms with van der Waals surface area (Å²) in [7, 11) is 0. The highest BCUT2D eigenvalue weighted by Gasteiger charge is 2.33. The zero-order chi connectivity index (χ0) is 19.7. The van der Waals surface area contributed by atoms with E-state index in [2.05, 4.69) is 22.4 Å². The van der Waals surface area contributed by atoms with Crippen LogP contribution in [0.15, 0.2) is 36.5 Å². The van der Waals surface area contributed by atoms with Gasteiger partial charge in [0.1, 0.15) is 6.20 Å². The van der Waals surface area contributed by atoms with E-state index in [0.29, 0.717) is 31.7 Å². The van der Waals surface area contributed by atoms with Crippen LogP contribution in [0.1, 0.15) is 36.0 Å². The van der Waals surface area contributed by atoms with E-state index in [1.165, 1.54) is 23.6 Å². The topological polar surface area (TPSA) is 46.5 Å². The van der Waals surface area contributed by atoms with Gasteiger partial charge >= 0.3 is 6.18 Å². The van der Waals surface area contributed by atoms with Gasteiger partial charge in [-0.15, -0.1) is 0 Å². The van der Waals surface area contributed by atoms with E-state index >= 15 is 0 Å². The van der Waals surface area contributed by atoms with Crippen molar-refractivity contribution in [1.82, 2.24) is 0 Å². The fourth-order valence-electron chi connectivity index (χ4n) is 4.07. The first-order valence-electron chi connectivity index (χ1n) is 9.67. The summed E-state index contributed by atoms with van der Waals surface area (Å²) in [5.74, 6) is 0.582. The Morgan fingerprint density at radius 3 is 2.50 bits per heavy atom. The monoisotopic (exact) mass is 390 g/mol. The summed E-state index contributed by atoms with van der Waals surface area (Å²) in [6, 6.07) is 8.67. The van der Waals surface area contributed by atoms with E-state index in [1.807, 2.05) is 11.0 Å². The predicted octanol–water partition coefficient (Wildman–Crippen LogP) is 3.86. The number of rotatable bonds is 3. The van der Waals surface area contributed by atoms with Gasteiger partial charge in [-0.3, -0.25) is 9.69 Å². The average molecular weight is 390 g/mol. The lowest BCUT2D eigenvalue weighted by molar-refractivity contribution is -0.367. The van der Waals surface area contributed by atoms with E-state index in [-0.39, 0.29) is 11.8 Å². The molecule has 7 heteroatoms. The number of piperidine rings is 1. The van der Waals surface area contributed by atoms with Gasteiger partial charge in [0.2, 0.25) is 5.91 Å². The number of H-pyrrole nitrogens is 1. The summed E-state index contributed by atoms with van der Waals surface area (Å²) < 4.78 is 38.0. The predicted molar refractivity (Wildman–Crippen MR) is 100 cm³/mol. The Kier molecular flexibility index (Phi) is 5.00. The van der Waals surface area contributed by atoms with E-state index < -0.39 is 11.7 Å². The first-order chi connectivity index (χ1) is 13.4. The van der Waals surface area contributed by atoms with E-state index in [4.69, 9.17) is 0 Å². The molecule has 0 bridgehead atoms. The van der Waals surface area contributed by atoms with Crippen molar-refractivity contribution in [3.05, 3.63) is 53.2 Å². The molecule has 2 N–H and O–H groups in total. The van der Waals surface area contributed by atoms with Crippen molar-refractivity contribution in [3.8, 4) is 0 Å². The van der Waals surface area contributed by atoms with E-state index in [9.17, 15) is 18.0 Å². The van der Waals surface area contributed by atoms with Gasteiger partial charge in [0.25, 0.3) is 5.82 Å². The standard InChI is InChI=1S/C21H22F3N3O/c22-21(23,24)17-5-7-19(25-13-17)27-10-8-15(9-11-27)20(28)26-18-6-4-14-2-1-3-16(14)12-18/h4-7,12-13,15H,1-3,8-11H2,(H,26,28)/p+1. The third kappa shape index (κ3) is 3.98. The summed E-state index contributed by atoms with van der Waals surface area (Å²) in [5, 5.41) is 3.03. The minimum atomic E-state index is -4.35. The van der Waals surface area contributed by atoms with Gasteiger partial charge in [0.15, 0.2) is 0 Å². The van der Waals surface area contributed by atoms with Crippen LogP contribution >= 0.6 is 0 Å². The Morgan fingerprint density at radius 1 is 1.07 bits per heavy atom. The average Bonchev–Trinajstić information content (AvgIpc) is 3.15. The normalized spacial score (nSPS) is 17.5. The highest BCUT2D eigenvalue weighted by Crippen LogP contribution is 2.29. The van der Waals surface area contributed by atoms with Gasteiger partial charge < -0.3 is 5.32 Å². The number of aromatic nitrogens is 1. The van der Waals surface area contributed by atoms with Crippen LogP contribution in [0, 0.1) is 5.92 Å². The number of amides is 1. The first kappa shape index (κ1) is 18.8. The molecule has 1 aliphatic carbocycles. The number of carbonyl (C=O) groups excluding carboxylic acids is 1. The molecule has 148 valence electrons. The van der Waals surface area contributed by atoms with Crippen LogP contribution < -0.4 is 15.2 Å². The Balaban J connectivity index is 1.33. The van der Waals surface area contributed by atoms with E-state index in [1.54, 1.807) is 0 Å². The fraction of sp³-hybridized carbons (Fsp3) is 0.429. The van der Waals surface area contributed by atoms with Crippen molar-refractivity contribution >= 4 is 17.4 Å². The molecule has 1 aliphatic heterocycles. The Morgan fingerprint density at radius 2 is 1.82 bits per heavy atom. The Hall–Kier alpha value is -2.57. The molecule has 0 saturated carbocycles. The molecule has 0 unspecified atom stereocenters. The molecular formula is C21H23F3N3O+. The second-order valence-electron chi connectivity index (χ2n) is 7.55. The van der Waals surface area contributed by atoms with Crippen LogP contribution in [0.5, 0.6) is 0 Å². The number of halogens is 3. The number of alkyl halides is 3. The molecule has 1 aromatic heterocycles. The SMILES string of the molecule is O=C(Nc1ccc2c(c1)CCC2)C1CCN(c2ccc(C(F)(F)F)c[nH+]2)CC1. The molecule has 2 aliphatic rings. The van der Waals surface area contributed by atoms with Crippen LogP contribution in [-0.4, -0.2) is 19.0 Å². The van der Waals surface area contributed by atoms with Gasteiger partial charge in [-0.05, 0) is 61.4 Å². The first-order valence-corrected chi connectivity index (χ1v) is 9.67. The molecule has 28 heavy (non-hydrogen) atoms. The van der Waals surface area contributed by atoms with Gasteiger partial charge in [0.05, 0.1) is 18.7 Å². The number of nitrogens with zero attached hydrogens (tertiary/aromatic N) is 1. The summed E-state index contributed by atoms with van der Waals surface area (Å²) in [6.07, 6.45) is 1.34. The second kappa shape index (κ2) is 7.45. The van der Waals surface area contributed by atoms with Gasteiger partial charge in [0, 0.05) is 17.7 Å². The zero-order valence-electron chi connectivity index (χ0n) is 15.5. The number of carbonyl (C=O) groups is 1. The molecule has 4 nitrogen and oxygen atoms in total. The van der Waals surface area contributed by atoms with Crippen LogP contribution in [0.2, 0.25) is 0 Å². The molecule has 4 rings (SSSR count). The molecule has 1 aromatic carbocycles. The number of hydrogen-bond acceptors (Lipinski definition) is 2. The minimum Gasteiger partial charge on any atom is -0.326 e. The number of nitrogens with one attached hydrogen (secondary N) is 2. The van der Waals surface area contributed by atoms with Crippen molar-refractivity contribution in [2.75, 3.05) is 23.3 Å². The maximum Gasteiger partial charge on any atom is 0.419 e. The summed E-state index contributed by atoms with van der Waals surface area (Å²) >= 11 is 0. The number of pyridine rings is 1. The number of fused-ring (bicyclic) bond motifs is 1. The number of anilines is 2. The lowest BCUT2D eigenvalue weighted by Gasteiger charge is -2.27. The lowest BCUT2D eigenvalue weighted by atomic mass is 9.95. The fourth-order valence-corrected chi connectivity index (χ4v) is 4.07. The molecule has 0 radical (unpaired) electrons. The molecule has 0 spiro atoms. The van der Waals surface area contributed by atoms with Gasteiger partial charge in [-0.25, -0.2) is 4.98 Å². The van der Waals surface area contributed by atoms with Crippen LogP contribution in [-0.2, 0) is 23.8 Å². The van der Waals surface area contributed by atoms with E-state index in [0.717, 1.165) is 30.8 Å². The number of aryl methyl sites for hydroxylation is 2. The lowest BCUT2D eigenvalue weighted by Crippen LogP contribution is -2.40. The highest BCUT2D eigenvalue weighted by molar-refractivity contribution is 5.92. The van der Waals surface area contributed by atoms with Crippen LogP contribution in [0.25, 0.3) is 0 Å². The van der Waals surface area contributed by atoms with Crippen molar-refractivity contribution < 1.29 is 22.9 Å². The summed E-state index contributed by atoms with van der Waals surface area (Å²) in [4.78, 5) is 17.3. The molecular weight excluding hydrogens is 367 g/mol. The molecule has 1 fully saturated rings. The minimum absolute atomic E-state index is 0.0222. The molecule has 0 atom stereocenters. The number of hydrogen-bond donors (Lipinski definition) is 1. The van der Waals surface area contributed by atoms with Gasteiger partial charge in [-0.1, -0.05) is 6.07 Å². The van der Waals surface area contributed by atoms with Crippen molar-refractivity contribution in [1.29, 1.82) is 0 Å². The highest BCUT2D eigenvalue weighted by atomic mass is 19.4. The quantitative estimate of drug-likeness (QED) is 0.865. The van der Waals surface area contributed by atoms with Crippen LogP contribution in [0.4, 0.5) is 24.7 Å². The Labute approximate surface area is 161 Å². The molecule has 2 aromatic rings. The van der Waals surface area contributed by atoms with Crippen LogP contribution in [0.3, 0.4) is 0 Å². The third-order valence-electron chi connectivity index (χ3n) is 5.70. The largest absolute Gasteiger partial charge is 0.419 e. The maximum absolute atomic E-state index is 12.7. The summed E-state index contributed by atoms with van der Waals surface area (Å²) in [6.45, 7) is 1.26. The zero-order valence-corrected chi connectivity index (χ0v) is 15.5. The smallest absolute Gasteiger partial charge is 0.326 e. The third-order valence-corrected chi connectivity index (χ3v) is 5.70. The number of benzene rings is 1. The van der Waals surface area contributed by atoms with Gasteiger partial charge in [-0.2, -0.15) is 13.2 Å². The van der Waals surface area contributed by atoms with Crippen molar-refractivity contribution in [2.24, 2.45) is 5.92 Å². The van der Waals surface area contributed by atoms with Crippen molar-refractivity contribution in [2.45, 2.75) is 38.3 Å². The number of aromatic amines is 1. The maximum atomic E-state index is 12.7. The molecule has 1 amide bonds. The molecule has 1 saturated heterocycles. The molecule has 2 heterocycles. The second-order valence-corrected chi connectivity index (χ2v) is 7.55.